The quantitative estimate of drug-likeness (QED) is 0.827. The molecule has 1 amide bonds. The van der Waals surface area contributed by atoms with Crippen molar-refractivity contribution >= 4 is 23.4 Å². The molecule has 0 bridgehead atoms. The van der Waals surface area contributed by atoms with Crippen molar-refractivity contribution in [3.05, 3.63) is 40.8 Å². The molecule has 118 valence electrons. The van der Waals surface area contributed by atoms with Crippen LogP contribution in [0.3, 0.4) is 0 Å². The van der Waals surface area contributed by atoms with Crippen molar-refractivity contribution in [3.63, 3.8) is 0 Å². The fourth-order valence-corrected chi connectivity index (χ4v) is 2.86. The summed E-state index contributed by atoms with van der Waals surface area (Å²) in [5, 5.41) is 3.56. The van der Waals surface area contributed by atoms with Crippen LogP contribution >= 0.6 is 11.8 Å². The summed E-state index contributed by atoms with van der Waals surface area (Å²) in [6, 6.07) is 6.09. The van der Waals surface area contributed by atoms with E-state index in [0.717, 1.165) is 28.3 Å². The van der Waals surface area contributed by atoms with Crippen LogP contribution in [0.5, 0.6) is 0 Å². The molecule has 0 aliphatic heterocycles. The summed E-state index contributed by atoms with van der Waals surface area (Å²) in [5.41, 5.74) is 4.01. The van der Waals surface area contributed by atoms with Crippen LogP contribution in [-0.2, 0) is 4.79 Å². The van der Waals surface area contributed by atoms with Gasteiger partial charge in [0.2, 0.25) is 5.91 Å². The van der Waals surface area contributed by atoms with Crippen molar-refractivity contribution in [2.45, 2.75) is 45.8 Å². The second-order valence-electron chi connectivity index (χ2n) is 5.65. The van der Waals surface area contributed by atoms with Crippen LogP contribution in [0.15, 0.2) is 27.8 Å². The van der Waals surface area contributed by atoms with Gasteiger partial charge in [-0.2, -0.15) is 0 Å². The molecular formula is C17H22N2O2S. The van der Waals surface area contributed by atoms with E-state index in [1.807, 2.05) is 32.9 Å². The maximum atomic E-state index is 12.2. The van der Waals surface area contributed by atoms with Crippen LogP contribution in [0.1, 0.15) is 42.3 Å². The van der Waals surface area contributed by atoms with E-state index >= 15 is 0 Å². The lowest BCUT2D eigenvalue weighted by Crippen LogP contribution is -2.16. The smallest absolute Gasteiger partial charge is 0.256 e. The molecule has 0 aliphatic carbocycles. The number of hydrogen-bond donors (Lipinski definition) is 1. The monoisotopic (exact) mass is 318 g/mol. The second-order valence-corrected chi connectivity index (χ2v) is 6.58. The van der Waals surface area contributed by atoms with Crippen LogP contribution in [0.2, 0.25) is 0 Å². The van der Waals surface area contributed by atoms with Gasteiger partial charge in [-0.25, -0.2) is 4.98 Å². The molecule has 0 aliphatic rings. The van der Waals surface area contributed by atoms with E-state index in [0.29, 0.717) is 11.1 Å². The minimum atomic E-state index is -0.0466. The molecule has 5 heteroatoms. The fraction of sp³-hybridized carbons (Fsp3) is 0.412. The van der Waals surface area contributed by atoms with Gasteiger partial charge in [-0.15, -0.1) is 0 Å². The van der Waals surface area contributed by atoms with Gasteiger partial charge in [-0.3, -0.25) is 4.79 Å². The minimum absolute atomic E-state index is 0.0466. The van der Waals surface area contributed by atoms with Gasteiger partial charge < -0.3 is 9.73 Å². The number of rotatable bonds is 5. The normalized spacial score (nSPS) is 11.0. The standard InChI is InChI=1S/C17H22N2O2S/c1-10(2)14-8-6-7-11(3)16(14)19-15(20)9-22-17-18-12(4)13(5)21-17/h6-8,10H,9H2,1-5H3,(H,19,20). The number of para-hydroxylation sites is 1. The number of anilines is 1. The number of hydrogen-bond acceptors (Lipinski definition) is 4. The van der Waals surface area contributed by atoms with Crippen LogP contribution in [0.25, 0.3) is 0 Å². The summed E-state index contributed by atoms with van der Waals surface area (Å²) >= 11 is 1.31. The van der Waals surface area contributed by atoms with Crippen LogP contribution < -0.4 is 5.32 Å². The number of carbonyl (C=O) groups excluding carboxylic acids is 1. The molecule has 1 aromatic carbocycles. The largest absolute Gasteiger partial charge is 0.437 e. The number of carbonyl (C=O) groups is 1. The molecule has 22 heavy (non-hydrogen) atoms. The van der Waals surface area contributed by atoms with Crippen molar-refractivity contribution in [2.24, 2.45) is 0 Å². The molecule has 1 heterocycles. The van der Waals surface area contributed by atoms with E-state index in [-0.39, 0.29) is 11.7 Å². The summed E-state index contributed by atoms with van der Waals surface area (Å²) in [7, 11) is 0. The molecule has 0 spiro atoms. The number of aryl methyl sites for hydroxylation is 3. The maximum absolute atomic E-state index is 12.2. The van der Waals surface area contributed by atoms with Gasteiger partial charge in [-0.1, -0.05) is 43.8 Å². The maximum Gasteiger partial charge on any atom is 0.256 e. The molecule has 0 saturated heterocycles. The Morgan fingerprint density at radius 1 is 1.32 bits per heavy atom. The SMILES string of the molecule is Cc1cccc(C(C)C)c1NC(=O)CSc1nc(C)c(C)o1. The summed E-state index contributed by atoms with van der Waals surface area (Å²) in [6.45, 7) is 10.0. The number of nitrogens with one attached hydrogen (secondary N) is 1. The highest BCUT2D eigenvalue weighted by molar-refractivity contribution is 7.99. The Morgan fingerprint density at radius 3 is 2.64 bits per heavy atom. The Morgan fingerprint density at radius 2 is 2.05 bits per heavy atom. The third kappa shape index (κ3) is 3.91. The first kappa shape index (κ1) is 16.6. The first-order valence-electron chi connectivity index (χ1n) is 7.34. The molecule has 0 fully saturated rings. The van der Waals surface area contributed by atoms with Gasteiger partial charge in [-0.05, 0) is 37.8 Å². The van der Waals surface area contributed by atoms with Crippen molar-refractivity contribution in [2.75, 3.05) is 11.1 Å². The Kier molecular flexibility index (Phi) is 5.29. The number of benzene rings is 1. The van der Waals surface area contributed by atoms with Gasteiger partial charge >= 0.3 is 0 Å². The van der Waals surface area contributed by atoms with E-state index in [1.54, 1.807) is 0 Å². The highest BCUT2D eigenvalue weighted by Crippen LogP contribution is 2.28. The van der Waals surface area contributed by atoms with Crippen molar-refractivity contribution in [3.8, 4) is 0 Å². The summed E-state index contributed by atoms with van der Waals surface area (Å²) < 4.78 is 5.47. The van der Waals surface area contributed by atoms with Gasteiger partial charge in [0.15, 0.2) is 0 Å². The molecule has 0 atom stereocenters. The van der Waals surface area contributed by atoms with E-state index in [1.165, 1.54) is 11.8 Å². The number of thioether (sulfide) groups is 1. The van der Waals surface area contributed by atoms with Crippen LogP contribution in [0, 0.1) is 20.8 Å². The average molecular weight is 318 g/mol. The highest BCUT2D eigenvalue weighted by Gasteiger charge is 2.14. The lowest BCUT2D eigenvalue weighted by Gasteiger charge is -2.16. The van der Waals surface area contributed by atoms with Crippen molar-refractivity contribution < 1.29 is 9.21 Å². The zero-order valence-corrected chi connectivity index (χ0v) is 14.5. The predicted molar refractivity (Wildman–Crippen MR) is 90.6 cm³/mol. The lowest BCUT2D eigenvalue weighted by atomic mass is 9.98. The molecule has 4 nitrogen and oxygen atoms in total. The number of oxazole rings is 1. The van der Waals surface area contributed by atoms with Gasteiger partial charge in [0.25, 0.3) is 5.22 Å². The Bertz CT molecular complexity index is 658. The molecular weight excluding hydrogens is 296 g/mol. The molecule has 0 saturated carbocycles. The zero-order chi connectivity index (χ0) is 16.3. The minimum Gasteiger partial charge on any atom is -0.437 e. The first-order chi connectivity index (χ1) is 10.4. The number of nitrogens with zero attached hydrogens (tertiary/aromatic N) is 1. The molecule has 1 N–H and O–H groups in total. The third-order valence-electron chi connectivity index (χ3n) is 3.53. The Balaban J connectivity index is 2.03. The van der Waals surface area contributed by atoms with E-state index < -0.39 is 0 Å². The van der Waals surface area contributed by atoms with E-state index in [4.69, 9.17) is 4.42 Å². The van der Waals surface area contributed by atoms with E-state index in [9.17, 15) is 4.79 Å². The molecule has 0 radical (unpaired) electrons. The zero-order valence-electron chi connectivity index (χ0n) is 13.7. The molecule has 2 rings (SSSR count). The highest BCUT2D eigenvalue weighted by atomic mass is 32.2. The second kappa shape index (κ2) is 7.01. The Hall–Kier alpha value is -1.75. The topological polar surface area (TPSA) is 55.1 Å². The molecule has 0 unspecified atom stereocenters. The summed E-state index contributed by atoms with van der Waals surface area (Å²) in [4.78, 5) is 16.5. The summed E-state index contributed by atoms with van der Waals surface area (Å²) in [5.74, 6) is 1.39. The first-order valence-corrected chi connectivity index (χ1v) is 8.33. The van der Waals surface area contributed by atoms with Gasteiger partial charge in [0, 0.05) is 5.69 Å². The molecule has 1 aromatic heterocycles. The number of amides is 1. The van der Waals surface area contributed by atoms with Crippen LogP contribution in [-0.4, -0.2) is 16.6 Å². The van der Waals surface area contributed by atoms with Gasteiger partial charge in [0.1, 0.15) is 5.76 Å². The fourth-order valence-electron chi connectivity index (χ4n) is 2.15. The lowest BCUT2D eigenvalue weighted by molar-refractivity contribution is -0.113. The average Bonchev–Trinajstić information content (AvgIpc) is 2.77. The van der Waals surface area contributed by atoms with Gasteiger partial charge in [0.05, 0.1) is 11.4 Å². The van der Waals surface area contributed by atoms with Crippen molar-refractivity contribution in [1.29, 1.82) is 0 Å². The number of aromatic nitrogens is 1. The Labute approximate surface area is 135 Å². The third-order valence-corrected chi connectivity index (χ3v) is 4.36. The summed E-state index contributed by atoms with van der Waals surface area (Å²) in [6.07, 6.45) is 0. The van der Waals surface area contributed by atoms with E-state index in [2.05, 4.69) is 30.2 Å². The molecule has 2 aromatic rings. The predicted octanol–water partition coefficient (Wildman–Crippen LogP) is 4.45. The van der Waals surface area contributed by atoms with Crippen molar-refractivity contribution in [1.82, 2.24) is 4.98 Å². The van der Waals surface area contributed by atoms with Crippen LogP contribution in [0.4, 0.5) is 5.69 Å².